The van der Waals surface area contributed by atoms with Gasteiger partial charge in [-0.25, -0.2) is 0 Å². The Labute approximate surface area is 129 Å². The van der Waals surface area contributed by atoms with E-state index in [1.165, 1.54) is 5.57 Å². The van der Waals surface area contributed by atoms with Gasteiger partial charge in [0, 0.05) is 12.6 Å². The smallest absolute Gasteiger partial charge is 0.0565 e. The van der Waals surface area contributed by atoms with E-state index >= 15 is 0 Å². The lowest BCUT2D eigenvalue weighted by Crippen LogP contribution is -2.42. The Kier molecular flexibility index (Phi) is 10.1. The normalized spacial score (nSPS) is 17.4. The van der Waals surface area contributed by atoms with Gasteiger partial charge in [-0.15, -0.1) is 0 Å². The van der Waals surface area contributed by atoms with Gasteiger partial charge in [-0.2, -0.15) is 0 Å². The van der Waals surface area contributed by atoms with Crippen LogP contribution in [0.2, 0.25) is 0 Å². The summed E-state index contributed by atoms with van der Waals surface area (Å²) in [4.78, 5) is 0. The lowest BCUT2D eigenvalue weighted by molar-refractivity contribution is 0.152. The van der Waals surface area contributed by atoms with E-state index in [1.54, 1.807) is 0 Å². The second-order valence-electron chi connectivity index (χ2n) is 5.52. The lowest BCUT2D eigenvalue weighted by atomic mass is 10.0. The van der Waals surface area contributed by atoms with Crippen molar-refractivity contribution in [2.45, 2.75) is 51.2 Å². The molecular formula is C17H31N3O. The summed E-state index contributed by atoms with van der Waals surface area (Å²) >= 11 is 0. The summed E-state index contributed by atoms with van der Waals surface area (Å²) in [5.74, 6) is 0. The van der Waals surface area contributed by atoms with Gasteiger partial charge in [-0.05, 0) is 51.3 Å². The predicted octanol–water partition coefficient (Wildman–Crippen LogP) is 2.05. The minimum absolute atomic E-state index is 0.232. The molecule has 0 fully saturated rings. The van der Waals surface area contributed by atoms with Gasteiger partial charge in [0.15, 0.2) is 0 Å². The highest BCUT2D eigenvalue weighted by Gasteiger charge is 2.08. The van der Waals surface area contributed by atoms with E-state index in [9.17, 15) is 5.11 Å². The van der Waals surface area contributed by atoms with Crippen LogP contribution in [0.3, 0.4) is 0 Å². The molecule has 0 spiro atoms. The second kappa shape index (κ2) is 11.7. The minimum atomic E-state index is -0.232. The Balaban J connectivity index is 2.19. The molecule has 2 atom stereocenters. The molecule has 21 heavy (non-hydrogen) atoms. The van der Waals surface area contributed by atoms with Crippen LogP contribution < -0.4 is 16.2 Å². The van der Waals surface area contributed by atoms with Crippen LogP contribution in [0.25, 0.3) is 0 Å². The maximum atomic E-state index is 9.76. The number of nitrogens with one attached hydrogen (secondary N) is 3. The summed E-state index contributed by atoms with van der Waals surface area (Å²) in [6, 6.07) is 0.418. The van der Waals surface area contributed by atoms with Crippen LogP contribution in [-0.2, 0) is 0 Å². The van der Waals surface area contributed by atoms with Crippen molar-refractivity contribution in [3.63, 3.8) is 0 Å². The average molecular weight is 293 g/mol. The molecule has 0 saturated carbocycles. The van der Waals surface area contributed by atoms with Gasteiger partial charge < -0.3 is 10.4 Å². The first-order chi connectivity index (χ1) is 10.3. The fourth-order valence-electron chi connectivity index (χ4n) is 2.25. The molecule has 120 valence electrons. The summed E-state index contributed by atoms with van der Waals surface area (Å²) in [5, 5.41) is 12.8. The predicted molar refractivity (Wildman–Crippen MR) is 90.0 cm³/mol. The zero-order chi connectivity index (χ0) is 15.3. The molecule has 4 N–H and O–H groups in total. The molecular weight excluding hydrogens is 262 g/mol. The summed E-state index contributed by atoms with van der Waals surface area (Å²) in [5.41, 5.74) is 7.98. The van der Waals surface area contributed by atoms with Crippen LogP contribution >= 0.6 is 0 Å². The van der Waals surface area contributed by atoms with E-state index in [-0.39, 0.29) is 6.10 Å². The van der Waals surface area contributed by atoms with Crippen LogP contribution in [-0.4, -0.2) is 37.4 Å². The fraction of sp³-hybridized carbons (Fsp3) is 0.647. The van der Waals surface area contributed by atoms with Crippen molar-refractivity contribution in [1.82, 2.24) is 16.2 Å². The molecule has 4 heteroatoms. The molecule has 0 aromatic carbocycles. The lowest BCUT2D eigenvalue weighted by Gasteiger charge is -2.19. The van der Waals surface area contributed by atoms with Gasteiger partial charge >= 0.3 is 0 Å². The summed E-state index contributed by atoms with van der Waals surface area (Å²) in [6.07, 6.45) is 15.4. The second-order valence-corrected chi connectivity index (χ2v) is 5.52. The Morgan fingerprint density at radius 3 is 2.81 bits per heavy atom. The zero-order valence-corrected chi connectivity index (χ0v) is 13.4. The standard InChI is InChI=1S/C17H31N3O/c1-3-16(14-15-8-6-4-5-7-9-15)20-19-13-11-17(21)10-12-18-2/h4,6-9,16-21H,3,5,10-14H2,1-2H3. The van der Waals surface area contributed by atoms with Crippen molar-refractivity contribution in [2.24, 2.45) is 0 Å². The first kappa shape index (κ1) is 18.1. The van der Waals surface area contributed by atoms with Crippen molar-refractivity contribution in [3.05, 3.63) is 36.0 Å². The number of hydrazine groups is 1. The zero-order valence-electron chi connectivity index (χ0n) is 13.4. The van der Waals surface area contributed by atoms with Crippen molar-refractivity contribution in [1.29, 1.82) is 0 Å². The monoisotopic (exact) mass is 293 g/mol. The summed E-state index contributed by atoms with van der Waals surface area (Å²) in [6.45, 7) is 3.84. The average Bonchev–Trinajstić information content (AvgIpc) is 2.76. The largest absolute Gasteiger partial charge is 0.393 e. The van der Waals surface area contributed by atoms with Gasteiger partial charge in [-0.3, -0.25) is 10.9 Å². The number of hydrogen-bond acceptors (Lipinski definition) is 4. The molecule has 0 saturated heterocycles. The number of hydrogen-bond donors (Lipinski definition) is 4. The van der Waals surface area contributed by atoms with Gasteiger partial charge in [-0.1, -0.05) is 37.3 Å². The van der Waals surface area contributed by atoms with Crippen molar-refractivity contribution < 1.29 is 5.11 Å². The molecule has 0 radical (unpaired) electrons. The van der Waals surface area contributed by atoms with E-state index in [1.807, 2.05) is 7.05 Å². The summed E-state index contributed by atoms with van der Waals surface area (Å²) < 4.78 is 0. The van der Waals surface area contributed by atoms with Crippen LogP contribution in [0.1, 0.15) is 39.0 Å². The fourth-order valence-corrected chi connectivity index (χ4v) is 2.25. The van der Waals surface area contributed by atoms with Crippen LogP contribution in [0.15, 0.2) is 36.0 Å². The SMILES string of the molecule is CCC(CC1=CC=CCC=C1)NNCCC(O)CCNC. The molecule has 0 aromatic heterocycles. The van der Waals surface area contributed by atoms with Crippen molar-refractivity contribution >= 4 is 0 Å². The topological polar surface area (TPSA) is 56.3 Å². The Hall–Kier alpha value is -0.940. The molecule has 0 amide bonds. The maximum absolute atomic E-state index is 9.76. The minimum Gasteiger partial charge on any atom is -0.393 e. The molecule has 0 aromatic rings. The van der Waals surface area contributed by atoms with E-state index < -0.39 is 0 Å². The van der Waals surface area contributed by atoms with Gasteiger partial charge in [0.05, 0.1) is 6.10 Å². The molecule has 0 aliphatic heterocycles. The first-order valence-corrected chi connectivity index (χ1v) is 8.09. The molecule has 1 rings (SSSR count). The van der Waals surface area contributed by atoms with Crippen LogP contribution in [0, 0.1) is 0 Å². The molecule has 4 nitrogen and oxygen atoms in total. The highest BCUT2D eigenvalue weighted by Crippen LogP contribution is 2.12. The van der Waals surface area contributed by atoms with Crippen molar-refractivity contribution in [2.75, 3.05) is 20.1 Å². The highest BCUT2D eigenvalue weighted by molar-refractivity contribution is 5.27. The van der Waals surface area contributed by atoms with Gasteiger partial charge in [0.25, 0.3) is 0 Å². The Bertz CT molecular complexity index is 350. The van der Waals surface area contributed by atoms with E-state index in [0.717, 1.165) is 45.2 Å². The van der Waals surface area contributed by atoms with Crippen molar-refractivity contribution in [3.8, 4) is 0 Å². The number of aliphatic hydroxyl groups excluding tert-OH is 1. The quantitative estimate of drug-likeness (QED) is 0.348. The third-order valence-corrected chi connectivity index (χ3v) is 3.66. The third kappa shape index (κ3) is 8.83. The van der Waals surface area contributed by atoms with Crippen LogP contribution in [0.4, 0.5) is 0 Å². The van der Waals surface area contributed by atoms with Gasteiger partial charge in [0.2, 0.25) is 0 Å². The molecule has 0 bridgehead atoms. The van der Waals surface area contributed by atoms with Crippen LogP contribution in [0.5, 0.6) is 0 Å². The molecule has 1 aliphatic carbocycles. The first-order valence-electron chi connectivity index (χ1n) is 8.09. The number of aliphatic hydroxyl groups is 1. The van der Waals surface area contributed by atoms with E-state index in [4.69, 9.17) is 0 Å². The maximum Gasteiger partial charge on any atom is 0.0565 e. The van der Waals surface area contributed by atoms with Gasteiger partial charge in [0.1, 0.15) is 0 Å². The Morgan fingerprint density at radius 1 is 1.24 bits per heavy atom. The number of allylic oxidation sites excluding steroid dienone is 5. The third-order valence-electron chi connectivity index (χ3n) is 3.66. The summed E-state index contributed by atoms with van der Waals surface area (Å²) in [7, 11) is 1.91. The number of rotatable bonds is 11. The Morgan fingerprint density at radius 2 is 2.05 bits per heavy atom. The highest BCUT2D eigenvalue weighted by atomic mass is 16.3. The molecule has 1 aliphatic rings. The van der Waals surface area contributed by atoms with E-state index in [0.29, 0.717) is 6.04 Å². The molecule has 2 unspecified atom stereocenters. The molecule has 0 heterocycles. The van der Waals surface area contributed by atoms with E-state index in [2.05, 4.69) is 53.5 Å².